The predicted octanol–water partition coefficient (Wildman–Crippen LogP) is 5.07. The van der Waals surface area contributed by atoms with E-state index in [1.54, 1.807) is 11.8 Å². The molecule has 5 heteroatoms. The molecule has 0 aromatic heterocycles. The lowest BCUT2D eigenvalue weighted by molar-refractivity contribution is -0.122. The molecule has 2 aromatic rings. The van der Waals surface area contributed by atoms with Crippen LogP contribution in [0.1, 0.15) is 42.2 Å². The first-order valence-corrected chi connectivity index (χ1v) is 10.6. The summed E-state index contributed by atoms with van der Waals surface area (Å²) < 4.78 is 0. The lowest BCUT2D eigenvalue weighted by Gasteiger charge is -2.34. The predicted molar refractivity (Wildman–Crippen MR) is 109 cm³/mol. The second kappa shape index (κ2) is 7.53. The van der Waals surface area contributed by atoms with Crippen molar-refractivity contribution in [3.05, 3.63) is 76.0 Å². The molecule has 0 fully saturated rings. The maximum Gasteiger partial charge on any atom is 0.225 e. The van der Waals surface area contributed by atoms with Gasteiger partial charge in [-0.25, -0.2) is 0 Å². The maximum atomic E-state index is 13.1. The third kappa shape index (κ3) is 3.56. The van der Waals surface area contributed by atoms with Crippen molar-refractivity contribution in [2.45, 2.75) is 36.0 Å². The van der Waals surface area contributed by atoms with Crippen molar-refractivity contribution in [2.24, 2.45) is 0 Å². The van der Waals surface area contributed by atoms with Gasteiger partial charge in [0.2, 0.25) is 5.91 Å². The van der Waals surface area contributed by atoms with Crippen LogP contribution in [0.25, 0.3) is 0 Å². The number of ketones is 1. The zero-order chi connectivity index (χ0) is 19.0. The molecule has 138 valence electrons. The van der Waals surface area contributed by atoms with Crippen LogP contribution < -0.4 is 5.32 Å². The summed E-state index contributed by atoms with van der Waals surface area (Å²) in [6.45, 7) is 0. The van der Waals surface area contributed by atoms with Crippen LogP contribution in [0.2, 0.25) is 5.02 Å². The van der Waals surface area contributed by atoms with Gasteiger partial charge in [0.05, 0.1) is 0 Å². The molecule has 27 heavy (non-hydrogen) atoms. The molecule has 4 rings (SSSR count). The molecule has 2 aliphatic rings. The molecule has 1 amide bonds. The van der Waals surface area contributed by atoms with Crippen molar-refractivity contribution in [1.29, 1.82) is 0 Å². The fourth-order valence-corrected chi connectivity index (χ4v) is 4.81. The molecule has 1 N–H and O–H groups in total. The Balaban J connectivity index is 1.70. The number of benzene rings is 2. The van der Waals surface area contributed by atoms with E-state index < -0.39 is 0 Å². The third-order valence-electron chi connectivity index (χ3n) is 5.40. The minimum Gasteiger partial charge on any atom is -0.329 e. The van der Waals surface area contributed by atoms with Gasteiger partial charge < -0.3 is 5.32 Å². The number of rotatable bonds is 3. The average molecular weight is 398 g/mol. The van der Waals surface area contributed by atoms with Gasteiger partial charge in [-0.15, -0.1) is 11.8 Å². The van der Waals surface area contributed by atoms with Crippen LogP contribution in [0, 0.1) is 0 Å². The van der Waals surface area contributed by atoms with Crippen molar-refractivity contribution in [3.63, 3.8) is 0 Å². The summed E-state index contributed by atoms with van der Waals surface area (Å²) in [7, 11) is 0. The summed E-state index contributed by atoms with van der Waals surface area (Å²) in [5.74, 6) is -0.0763. The Kier molecular flexibility index (Phi) is 5.11. The standard InChI is InChI=1S/C22H20ClNO2S/c1-27-15-8-6-13(7-9-15)17-12-21(26)24-19-10-14(11-20(25)22(17)19)16-4-2-3-5-18(16)23/h2-9,14,17H,10-12H2,1H3,(H,24,26)/t14-,17+/m0/s1. The smallest absolute Gasteiger partial charge is 0.225 e. The normalized spacial score (nSPS) is 22.4. The highest BCUT2D eigenvalue weighted by atomic mass is 35.5. The Labute approximate surface area is 168 Å². The van der Waals surface area contributed by atoms with E-state index in [1.165, 1.54) is 4.90 Å². The molecule has 2 atom stereocenters. The van der Waals surface area contributed by atoms with Gasteiger partial charge in [-0.05, 0) is 47.9 Å². The van der Waals surface area contributed by atoms with E-state index in [0.717, 1.165) is 22.4 Å². The fourth-order valence-electron chi connectivity index (χ4n) is 4.11. The number of carbonyl (C=O) groups is 2. The van der Waals surface area contributed by atoms with E-state index in [1.807, 2.05) is 54.8 Å². The van der Waals surface area contributed by atoms with Crippen molar-refractivity contribution in [3.8, 4) is 0 Å². The summed E-state index contributed by atoms with van der Waals surface area (Å²) in [6.07, 6.45) is 3.41. The molecule has 3 nitrogen and oxygen atoms in total. The second-order valence-corrected chi connectivity index (χ2v) is 8.31. The number of Topliss-reactive ketones (excluding diaryl/α,β-unsaturated/α-hetero) is 1. The number of hydrogen-bond acceptors (Lipinski definition) is 3. The molecule has 0 saturated carbocycles. The molecular formula is C22H20ClNO2S. The second-order valence-electron chi connectivity index (χ2n) is 7.02. The largest absolute Gasteiger partial charge is 0.329 e. The highest BCUT2D eigenvalue weighted by Crippen LogP contribution is 2.43. The number of amides is 1. The van der Waals surface area contributed by atoms with Gasteiger partial charge in [0.25, 0.3) is 0 Å². The van der Waals surface area contributed by atoms with E-state index in [-0.39, 0.29) is 23.5 Å². The van der Waals surface area contributed by atoms with Crippen molar-refractivity contribution >= 4 is 35.1 Å². The zero-order valence-electron chi connectivity index (χ0n) is 15.0. The van der Waals surface area contributed by atoms with Crippen LogP contribution in [0.4, 0.5) is 0 Å². The third-order valence-corrected chi connectivity index (χ3v) is 6.49. The van der Waals surface area contributed by atoms with Crippen LogP contribution in [0.3, 0.4) is 0 Å². The molecule has 1 aliphatic carbocycles. The van der Waals surface area contributed by atoms with Crippen molar-refractivity contribution in [2.75, 3.05) is 6.26 Å². The number of allylic oxidation sites excluding steroid dienone is 2. The first-order valence-electron chi connectivity index (χ1n) is 9.01. The van der Waals surface area contributed by atoms with Crippen LogP contribution in [-0.4, -0.2) is 17.9 Å². The topological polar surface area (TPSA) is 46.2 Å². The van der Waals surface area contributed by atoms with E-state index in [4.69, 9.17) is 11.6 Å². The quantitative estimate of drug-likeness (QED) is 0.736. The van der Waals surface area contributed by atoms with Gasteiger partial charge in [0.15, 0.2) is 5.78 Å². The van der Waals surface area contributed by atoms with Crippen LogP contribution >= 0.6 is 23.4 Å². The molecule has 1 aliphatic heterocycles. The molecule has 0 unspecified atom stereocenters. The van der Waals surface area contributed by atoms with E-state index in [9.17, 15) is 9.59 Å². The number of thioether (sulfide) groups is 1. The number of hydrogen-bond donors (Lipinski definition) is 1. The minimum atomic E-state index is -0.163. The highest BCUT2D eigenvalue weighted by Gasteiger charge is 2.38. The lowest BCUT2D eigenvalue weighted by Crippen LogP contribution is -2.38. The van der Waals surface area contributed by atoms with Crippen LogP contribution in [-0.2, 0) is 9.59 Å². The Hall–Kier alpha value is -2.04. The fraction of sp³-hybridized carbons (Fsp3) is 0.273. The first kappa shape index (κ1) is 18.3. The molecule has 0 saturated heterocycles. The Bertz CT molecular complexity index is 936. The van der Waals surface area contributed by atoms with Gasteiger partial charge in [0, 0.05) is 39.9 Å². The molecule has 0 spiro atoms. The zero-order valence-corrected chi connectivity index (χ0v) is 16.6. The summed E-state index contributed by atoms with van der Waals surface area (Å²) in [5, 5.41) is 3.63. The average Bonchev–Trinajstić information content (AvgIpc) is 2.67. The summed E-state index contributed by atoms with van der Waals surface area (Å²) >= 11 is 8.02. The highest BCUT2D eigenvalue weighted by molar-refractivity contribution is 7.98. The van der Waals surface area contributed by atoms with Gasteiger partial charge in [-0.2, -0.15) is 0 Å². The summed E-state index contributed by atoms with van der Waals surface area (Å²) in [5.41, 5.74) is 3.54. The van der Waals surface area contributed by atoms with E-state index >= 15 is 0 Å². The Morgan fingerprint density at radius 2 is 1.74 bits per heavy atom. The van der Waals surface area contributed by atoms with Gasteiger partial charge in [-0.1, -0.05) is 41.9 Å². The molecule has 2 aromatic carbocycles. The Morgan fingerprint density at radius 1 is 1.00 bits per heavy atom. The minimum absolute atomic E-state index is 0.00265. The van der Waals surface area contributed by atoms with Gasteiger partial charge >= 0.3 is 0 Å². The van der Waals surface area contributed by atoms with Gasteiger partial charge in [-0.3, -0.25) is 9.59 Å². The first-order chi connectivity index (χ1) is 13.1. The number of nitrogens with one attached hydrogen (secondary N) is 1. The number of halogens is 1. The number of carbonyl (C=O) groups excluding carboxylic acids is 2. The van der Waals surface area contributed by atoms with E-state index in [0.29, 0.717) is 24.3 Å². The van der Waals surface area contributed by atoms with Crippen molar-refractivity contribution < 1.29 is 9.59 Å². The SMILES string of the molecule is CSc1ccc([C@H]2CC(=O)NC3=C2C(=O)C[C@@H](c2ccccc2Cl)C3)cc1. The monoisotopic (exact) mass is 397 g/mol. The van der Waals surface area contributed by atoms with Crippen LogP contribution in [0.15, 0.2) is 64.7 Å². The molecule has 0 bridgehead atoms. The lowest BCUT2D eigenvalue weighted by atomic mass is 9.73. The van der Waals surface area contributed by atoms with E-state index in [2.05, 4.69) is 5.32 Å². The van der Waals surface area contributed by atoms with Crippen molar-refractivity contribution in [1.82, 2.24) is 5.32 Å². The van der Waals surface area contributed by atoms with Crippen LogP contribution in [0.5, 0.6) is 0 Å². The van der Waals surface area contributed by atoms with Gasteiger partial charge in [0.1, 0.15) is 0 Å². The molecular weight excluding hydrogens is 378 g/mol. The maximum absolute atomic E-state index is 13.1. The summed E-state index contributed by atoms with van der Waals surface area (Å²) in [6, 6.07) is 15.8. The summed E-state index contributed by atoms with van der Waals surface area (Å²) in [4.78, 5) is 26.6. The molecule has 1 heterocycles. The Morgan fingerprint density at radius 3 is 2.44 bits per heavy atom. The molecule has 0 radical (unpaired) electrons.